The zero-order valence-electron chi connectivity index (χ0n) is 13.5. The quantitative estimate of drug-likeness (QED) is 0.390. The largest absolute Gasteiger partial charge is 1.00 e. The van der Waals surface area contributed by atoms with Crippen LogP contribution in [0.2, 0.25) is 0 Å². The summed E-state index contributed by atoms with van der Waals surface area (Å²) in [6, 6.07) is 0. The molecule has 2 N–H and O–H groups in total. The minimum absolute atomic E-state index is 0. The van der Waals surface area contributed by atoms with E-state index in [0.717, 1.165) is 0 Å². The van der Waals surface area contributed by atoms with Gasteiger partial charge in [-0.2, -0.15) is 0 Å². The second-order valence-electron chi connectivity index (χ2n) is 5.78. The summed E-state index contributed by atoms with van der Waals surface area (Å²) in [5.41, 5.74) is 1.44. The maximum Gasteiger partial charge on any atom is 0.0944 e. The number of nitrogens with two attached hydrogens (primary N) is 1. The number of hydrogen-bond donors (Lipinski definition) is 1. The number of rotatable bonds is 13. The lowest BCUT2D eigenvalue weighted by Crippen LogP contribution is -3.00. The molecule has 0 amide bonds. The summed E-state index contributed by atoms with van der Waals surface area (Å²) >= 11 is 0. The Bertz CT molecular complexity index is 186. The molecule has 0 aromatic rings. The lowest BCUT2D eigenvalue weighted by Gasteiger charge is -2.02. The van der Waals surface area contributed by atoms with Crippen LogP contribution in [0.1, 0.15) is 85.0 Å². The lowest BCUT2D eigenvalue weighted by molar-refractivity contribution is -0.646. The van der Waals surface area contributed by atoms with Crippen molar-refractivity contribution in [3.8, 4) is 0 Å². The van der Waals surface area contributed by atoms with E-state index >= 15 is 0 Å². The highest BCUT2D eigenvalue weighted by atomic mass is 35.5. The fraction of sp³-hybridized carbons (Fsp3) is 0.882. The van der Waals surface area contributed by atoms with Crippen LogP contribution in [0.3, 0.4) is 0 Å². The van der Waals surface area contributed by atoms with Gasteiger partial charge in [0.1, 0.15) is 0 Å². The van der Waals surface area contributed by atoms with Gasteiger partial charge in [-0.05, 0) is 32.8 Å². The Kier molecular flexibility index (Phi) is 20.2. The van der Waals surface area contributed by atoms with Crippen LogP contribution in [0.15, 0.2) is 11.6 Å². The molecule has 0 bridgehead atoms. The maximum atomic E-state index is 2.43. The van der Waals surface area contributed by atoms with E-state index in [4.69, 9.17) is 0 Å². The van der Waals surface area contributed by atoms with Crippen molar-refractivity contribution in [1.82, 2.24) is 0 Å². The van der Waals surface area contributed by atoms with E-state index in [2.05, 4.69) is 32.2 Å². The molecule has 19 heavy (non-hydrogen) atoms. The van der Waals surface area contributed by atoms with Gasteiger partial charge >= 0.3 is 0 Å². The van der Waals surface area contributed by atoms with E-state index in [0.29, 0.717) is 0 Å². The van der Waals surface area contributed by atoms with Crippen molar-refractivity contribution in [2.24, 2.45) is 0 Å². The normalized spacial score (nSPS) is 10.1. The van der Waals surface area contributed by atoms with Crippen LogP contribution in [0.25, 0.3) is 0 Å². The first kappa shape index (κ1) is 21.3. The van der Waals surface area contributed by atoms with Gasteiger partial charge in [0.2, 0.25) is 0 Å². The van der Waals surface area contributed by atoms with E-state index in [-0.39, 0.29) is 12.4 Å². The van der Waals surface area contributed by atoms with E-state index in [9.17, 15) is 0 Å². The fourth-order valence-electron chi connectivity index (χ4n) is 2.21. The van der Waals surface area contributed by atoms with E-state index in [1.807, 2.05) is 0 Å². The summed E-state index contributed by atoms with van der Waals surface area (Å²) in [6.45, 7) is 9.11. The van der Waals surface area contributed by atoms with Crippen LogP contribution in [-0.4, -0.2) is 13.1 Å². The van der Waals surface area contributed by atoms with Crippen LogP contribution in [0.4, 0.5) is 0 Å². The first-order chi connectivity index (χ1) is 8.77. The Morgan fingerprint density at radius 2 is 1.26 bits per heavy atom. The summed E-state index contributed by atoms with van der Waals surface area (Å²) in [5, 5.41) is 2.43. The van der Waals surface area contributed by atoms with Crippen LogP contribution < -0.4 is 17.7 Å². The minimum atomic E-state index is 0. The number of hydrogen-bond acceptors (Lipinski definition) is 0. The third kappa shape index (κ3) is 20.5. The first-order valence-electron chi connectivity index (χ1n) is 8.22. The number of quaternary nitrogens is 1. The Balaban J connectivity index is 0. The minimum Gasteiger partial charge on any atom is -1.00 e. The average molecular weight is 290 g/mol. The molecule has 0 saturated carbocycles. The molecule has 1 nitrogen and oxygen atoms in total. The van der Waals surface area contributed by atoms with Crippen molar-refractivity contribution in [2.45, 2.75) is 85.0 Å². The molecular weight excluding hydrogens is 254 g/mol. The summed E-state index contributed by atoms with van der Waals surface area (Å²) in [6.07, 6.45) is 16.7. The highest BCUT2D eigenvalue weighted by Gasteiger charge is 1.93. The first-order valence-corrected chi connectivity index (χ1v) is 8.22. The molecule has 0 aromatic carbocycles. The molecule has 0 aliphatic rings. The predicted octanol–water partition coefficient (Wildman–Crippen LogP) is 1.44. The van der Waals surface area contributed by atoms with E-state index < -0.39 is 0 Å². The van der Waals surface area contributed by atoms with E-state index in [1.165, 1.54) is 82.9 Å². The van der Waals surface area contributed by atoms with Gasteiger partial charge in [-0.15, -0.1) is 0 Å². The predicted molar refractivity (Wildman–Crippen MR) is 82.9 cm³/mol. The molecule has 0 unspecified atom stereocenters. The topological polar surface area (TPSA) is 16.6 Å². The van der Waals surface area contributed by atoms with E-state index in [1.54, 1.807) is 0 Å². The van der Waals surface area contributed by atoms with Crippen LogP contribution in [-0.2, 0) is 0 Å². The van der Waals surface area contributed by atoms with Crippen LogP contribution >= 0.6 is 0 Å². The van der Waals surface area contributed by atoms with Gasteiger partial charge in [-0.3, -0.25) is 0 Å². The number of allylic oxidation sites excluding steroid dienone is 1. The Morgan fingerprint density at radius 1 is 0.789 bits per heavy atom. The molecule has 0 aliphatic heterocycles. The molecule has 0 aliphatic carbocycles. The maximum absolute atomic E-state index is 2.43. The molecule has 0 saturated heterocycles. The zero-order chi connectivity index (χ0) is 13.5. The standard InChI is InChI=1S/C17H35N.ClH/c1-4-5-6-7-8-9-10-11-12-13-15-18-16-14-17(2)3;/h14,18H,4-13,15-16H2,1-3H3;1H. The highest BCUT2D eigenvalue weighted by Crippen LogP contribution is 2.09. The van der Waals surface area contributed by atoms with Crippen molar-refractivity contribution >= 4 is 0 Å². The molecule has 2 heteroatoms. The summed E-state index contributed by atoms with van der Waals surface area (Å²) in [4.78, 5) is 0. The molecule has 116 valence electrons. The number of halogens is 1. The average Bonchev–Trinajstić information content (AvgIpc) is 2.34. The van der Waals surface area contributed by atoms with Gasteiger partial charge in [-0.1, -0.05) is 63.9 Å². The molecule has 0 fully saturated rings. The molecule has 0 heterocycles. The van der Waals surface area contributed by atoms with Crippen molar-refractivity contribution in [3.05, 3.63) is 11.6 Å². The second kappa shape index (κ2) is 18.0. The van der Waals surface area contributed by atoms with Gasteiger partial charge in [0, 0.05) is 0 Å². The molecule has 0 spiro atoms. The van der Waals surface area contributed by atoms with Crippen molar-refractivity contribution in [1.29, 1.82) is 0 Å². The third-order valence-electron chi connectivity index (χ3n) is 3.45. The monoisotopic (exact) mass is 289 g/mol. The Morgan fingerprint density at radius 3 is 1.74 bits per heavy atom. The highest BCUT2D eigenvalue weighted by molar-refractivity contribution is 4.91. The number of unbranched alkanes of at least 4 members (excludes halogenated alkanes) is 9. The molecule has 0 radical (unpaired) electrons. The van der Waals surface area contributed by atoms with Crippen LogP contribution in [0.5, 0.6) is 0 Å². The summed E-state index contributed by atoms with van der Waals surface area (Å²) < 4.78 is 0. The van der Waals surface area contributed by atoms with Gasteiger partial charge in [0.25, 0.3) is 0 Å². The smallest absolute Gasteiger partial charge is 0.0944 e. The molecular formula is C17H36ClN. The SMILES string of the molecule is CCCCCCCCCCCC[NH2+]CC=C(C)C.[Cl-]. The van der Waals surface area contributed by atoms with Crippen molar-refractivity contribution < 1.29 is 17.7 Å². The van der Waals surface area contributed by atoms with Gasteiger partial charge in [0.15, 0.2) is 0 Å². The Hall–Kier alpha value is -0.0100. The molecule has 0 rings (SSSR count). The second-order valence-corrected chi connectivity index (χ2v) is 5.78. The third-order valence-corrected chi connectivity index (χ3v) is 3.45. The summed E-state index contributed by atoms with van der Waals surface area (Å²) in [5.74, 6) is 0. The molecule has 0 atom stereocenters. The van der Waals surface area contributed by atoms with Crippen molar-refractivity contribution in [3.63, 3.8) is 0 Å². The fourth-order valence-corrected chi connectivity index (χ4v) is 2.21. The molecule has 0 aromatic heterocycles. The van der Waals surface area contributed by atoms with Crippen LogP contribution in [0, 0.1) is 0 Å². The van der Waals surface area contributed by atoms with Gasteiger partial charge < -0.3 is 17.7 Å². The van der Waals surface area contributed by atoms with Crippen molar-refractivity contribution in [2.75, 3.05) is 13.1 Å². The zero-order valence-corrected chi connectivity index (χ0v) is 14.3. The summed E-state index contributed by atoms with van der Waals surface area (Å²) in [7, 11) is 0. The Labute approximate surface area is 128 Å². The van der Waals surface area contributed by atoms with Gasteiger partial charge in [0.05, 0.1) is 13.1 Å². The van der Waals surface area contributed by atoms with Gasteiger partial charge in [-0.25, -0.2) is 0 Å². The lowest BCUT2D eigenvalue weighted by atomic mass is 10.1.